The predicted octanol–water partition coefficient (Wildman–Crippen LogP) is 2.05. The van der Waals surface area contributed by atoms with Crippen LogP contribution in [-0.2, 0) is 16.6 Å². The summed E-state index contributed by atoms with van der Waals surface area (Å²) in [4.78, 5) is 8.38. The van der Waals surface area contributed by atoms with Crippen LogP contribution < -0.4 is 4.72 Å². The van der Waals surface area contributed by atoms with Gasteiger partial charge in [-0.1, -0.05) is 6.42 Å². The molecule has 1 atom stereocenters. The zero-order valence-electron chi connectivity index (χ0n) is 13.1. The smallest absolute Gasteiger partial charge is 0.208 e. The van der Waals surface area contributed by atoms with E-state index in [0.717, 1.165) is 31.6 Å². The number of sulfonamides is 1. The number of thiazole rings is 1. The van der Waals surface area contributed by atoms with Crippen molar-refractivity contribution in [3.05, 3.63) is 15.6 Å². The van der Waals surface area contributed by atoms with Crippen LogP contribution in [0.25, 0.3) is 0 Å². The number of hydrogen-bond acceptors (Lipinski definition) is 5. The van der Waals surface area contributed by atoms with E-state index < -0.39 is 10.0 Å². The molecule has 2 rings (SSSR count). The molecule has 0 aromatic carbocycles. The highest BCUT2D eigenvalue weighted by atomic mass is 32.2. The van der Waals surface area contributed by atoms with Gasteiger partial charge in [0.15, 0.2) is 0 Å². The molecule has 1 aromatic heterocycles. The van der Waals surface area contributed by atoms with Crippen LogP contribution in [0.3, 0.4) is 0 Å². The van der Waals surface area contributed by atoms with Gasteiger partial charge in [-0.15, -0.1) is 11.3 Å². The van der Waals surface area contributed by atoms with Crippen molar-refractivity contribution in [2.75, 3.05) is 19.3 Å². The maximum absolute atomic E-state index is 11.2. The first-order valence-electron chi connectivity index (χ1n) is 7.47. The number of aromatic nitrogens is 1. The molecule has 2 heterocycles. The van der Waals surface area contributed by atoms with Crippen molar-refractivity contribution in [3.63, 3.8) is 0 Å². The molecule has 1 saturated heterocycles. The second kappa shape index (κ2) is 7.17. The molecular weight excluding hydrogens is 306 g/mol. The number of nitrogens with zero attached hydrogens (tertiary/aromatic N) is 2. The van der Waals surface area contributed by atoms with Crippen LogP contribution in [0, 0.1) is 13.8 Å². The minimum Gasteiger partial charge on any atom is -0.294 e. The van der Waals surface area contributed by atoms with Gasteiger partial charge in [0.2, 0.25) is 10.0 Å². The van der Waals surface area contributed by atoms with Crippen LogP contribution in [0.4, 0.5) is 0 Å². The van der Waals surface area contributed by atoms with Crippen molar-refractivity contribution in [2.45, 2.75) is 52.1 Å². The Kier molecular flexibility index (Phi) is 5.76. The zero-order chi connectivity index (χ0) is 15.5. The molecule has 1 aromatic rings. The Balaban J connectivity index is 1.92. The molecule has 0 aliphatic carbocycles. The molecule has 7 heteroatoms. The fourth-order valence-electron chi connectivity index (χ4n) is 2.79. The van der Waals surface area contributed by atoms with Gasteiger partial charge < -0.3 is 0 Å². The molecular formula is C14H25N3O2S2. The highest BCUT2D eigenvalue weighted by molar-refractivity contribution is 7.88. The van der Waals surface area contributed by atoms with Crippen LogP contribution in [0.1, 0.15) is 41.3 Å². The zero-order valence-corrected chi connectivity index (χ0v) is 14.7. The monoisotopic (exact) mass is 331 g/mol. The predicted molar refractivity (Wildman–Crippen MR) is 87.1 cm³/mol. The van der Waals surface area contributed by atoms with Crippen LogP contribution >= 0.6 is 11.3 Å². The summed E-state index contributed by atoms with van der Waals surface area (Å²) in [6.45, 7) is 6.67. The standard InChI is InChI=1S/C14H25N3O2S2/c1-11-12(2)20-14(16-11)10-17-9-5-4-6-13(17)7-8-15-21(3,18)19/h13,15H,4-10H2,1-3H3/t13-/m0/s1. The molecule has 0 bridgehead atoms. The molecule has 0 unspecified atom stereocenters. The van der Waals surface area contributed by atoms with Gasteiger partial charge in [0.05, 0.1) is 18.5 Å². The van der Waals surface area contributed by atoms with E-state index in [1.165, 1.54) is 29.0 Å². The lowest BCUT2D eigenvalue weighted by atomic mass is 9.99. The molecule has 21 heavy (non-hydrogen) atoms. The average Bonchev–Trinajstić information content (AvgIpc) is 2.69. The maximum atomic E-state index is 11.2. The summed E-state index contributed by atoms with van der Waals surface area (Å²) in [7, 11) is -3.08. The van der Waals surface area contributed by atoms with E-state index in [0.29, 0.717) is 12.6 Å². The SMILES string of the molecule is Cc1nc(CN2CCCC[C@H]2CCNS(C)(=O)=O)sc1C. The van der Waals surface area contributed by atoms with E-state index in [1.807, 2.05) is 0 Å². The second-order valence-corrected chi connectivity index (χ2v) is 8.95. The molecule has 0 spiro atoms. The van der Waals surface area contributed by atoms with E-state index in [9.17, 15) is 8.42 Å². The van der Waals surface area contributed by atoms with Crippen molar-refractivity contribution in [3.8, 4) is 0 Å². The summed E-state index contributed by atoms with van der Waals surface area (Å²) >= 11 is 1.77. The lowest BCUT2D eigenvalue weighted by molar-refractivity contribution is 0.133. The van der Waals surface area contributed by atoms with Crippen molar-refractivity contribution in [2.24, 2.45) is 0 Å². The molecule has 1 aliphatic heterocycles. The van der Waals surface area contributed by atoms with Crippen molar-refractivity contribution in [1.29, 1.82) is 0 Å². The number of aryl methyl sites for hydroxylation is 2. The lowest BCUT2D eigenvalue weighted by Gasteiger charge is -2.35. The summed E-state index contributed by atoms with van der Waals surface area (Å²) in [5.74, 6) is 0. The van der Waals surface area contributed by atoms with E-state index >= 15 is 0 Å². The number of hydrogen-bond donors (Lipinski definition) is 1. The van der Waals surface area contributed by atoms with Gasteiger partial charge in [0, 0.05) is 17.5 Å². The lowest BCUT2D eigenvalue weighted by Crippen LogP contribution is -2.41. The molecule has 0 radical (unpaired) electrons. The summed E-state index contributed by atoms with van der Waals surface area (Å²) in [5, 5.41) is 1.17. The highest BCUT2D eigenvalue weighted by Crippen LogP contribution is 2.24. The van der Waals surface area contributed by atoms with Crippen LogP contribution in [0.15, 0.2) is 0 Å². The Hall–Kier alpha value is -0.500. The van der Waals surface area contributed by atoms with Crippen molar-refractivity contribution >= 4 is 21.4 Å². The Bertz CT molecular complexity index is 549. The third kappa shape index (κ3) is 5.32. The van der Waals surface area contributed by atoms with E-state index in [4.69, 9.17) is 0 Å². The summed E-state index contributed by atoms with van der Waals surface area (Å²) in [6, 6.07) is 0.456. The average molecular weight is 332 g/mol. The first-order valence-corrected chi connectivity index (χ1v) is 10.2. The molecule has 120 valence electrons. The third-order valence-corrected chi connectivity index (χ3v) is 5.79. The van der Waals surface area contributed by atoms with Gasteiger partial charge in [-0.25, -0.2) is 18.1 Å². The van der Waals surface area contributed by atoms with Gasteiger partial charge in [-0.2, -0.15) is 0 Å². The highest BCUT2D eigenvalue weighted by Gasteiger charge is 2.23. The van der Waals surface area contributed by atoms with E-state index in [2.05, 4.69) is 28.5 Å². The summed E-state index contributed by atoms with van der Waals surface area (Å²) in [5.41, 5.74) is 1.13. The Morgan fingerprint density at radius 3 is 2.76 bits per heavy atom. The van der Waals surface area contributed by atoms with Crippen LogP contribution in [0.5, 0.6) is 0 Å². The fourth-order valence-corrected chi connectivity index (χ4v) is 4.23. The van der Waals surface area contributed by atoms with Crippen LogP contribution in [0.2, 0.25) is 0 Å². The van der Waals surface area contributed by atoms with Crippen LogP contribution in [-0.4, -0.2) is 43.7 Å². The van der Waals surface area contributed by atoms with Gasteiger partial charge >= 0.3 is 0 Å². The third-order valence-electron chi connectivity index (χ3n) is 4.00. The molecule has 1 aliphatic rings. The Labute approximate surface area is 131 Å². The van der Waals surface area contributed by atoms with Gasteiger partial charge in [0.1, 0.15) is 5.01 Å². The number of nitrogens with one attached hydrogen (secondary N) is 1. The minimum atomic E-state index is -3.08. The Morgan fingerprint density at radius 2 is 2.14 bits per heavy atom. The number of likely N-dealkylation sites (tertiary alicyclic amines) is 1. The first kappa shape index (κ1) is 16.9. The Morgan fingerprint density at radius 1 is 1.38 bits per heavy atom. The molecule has 0 amide bonds. The number of rotatable bonds is 6. The molecule has 5 nitrogen and oxygen atoms in total. The van der Waals surface area contributed by atoms with Gasteiger partial charge in [-0.05, 0) is 39.7 Å². The fraction of sp³-hybridized carbons (Fsp3) is 0.786. The van der Waals surface area contributed by atoms with Crippen molar-refractivity contribution in [1.82, 2.24) is 14.6 Å². The van der Waals surface area contributed by atoms with Crippen molar-refractivity contribution < 1.29 is 8.42 Å². The normalized spacial score (nSPS) is 20.8. The quantitative estimate of drug-likeness (QED) is 0.867. The molecule has 1 fully saturated rings. The summed E-state index contributed by atoms with van der Waals surface area (Å²) in [6.07, 6.45) is 5.69. The maximum Gasteiger partial charge on any atom is 0.208 e. The number of piperidine rings is 1. The van der Waals surface area contributed by atoms with Gasteiger partial charge in [0.25, 0.3) is 0 Å². The first-order chi connectivity index (χ1) is 9.85. The van der Waals surface area contributed by atoms with E-state index in [-0.39, 0.29) is 0 Å². The topological polar surface area (TPSA) is 62.3 Å². The second-order valence-electron chi connectivity index (χ2n) is 5.82. The van der Waals surface area contributed by atoms with E-state index in [1.54, 1.807) is 11.3 Å². The van der Waals surface area contributed by atoms with Gasteiger partial charge in [-0.3, -0.25) is 4.90 Å². The largest absolute Gasteiger partial charge is 0.294 e. The summed E-state index contributed by atoms with van der Waals surface area (Å²) < 4.78 is 24.9. The minimum absolute atomic E-state index is 0.456. The molecule has 0 saturated carbocycles. The molecule has 1 N–H and O–H groups in total.